The van der Waals surface area contributed by atoms with E-state index in [4.69, 9.17) is 14.2 Å². The molecule has 5 fully saturated rings. The van der Waals surface area contributed by atoms with Crippen molar-refractivity contribution in [3.8, 4) is 0 Å². The van der Waals surface area contributed by atoms with Crippen LogP contribution in [0.3, 0.4) is 0 Å². The highest BCUT2D eigenvalue weighted by Crippen LogP contribution is 2.70. The highest BCUT2D eigenvalue weighted by Gasteiger charge is 2.70. The number of aliphatic hydroxyl groups excluding tert-OH is 5. The summed E-state index contributed by atoms with van der Waals surface area (Å²) in [5, 5.41) is 65.7. The molecule has 0 aromatic carbocycles. The predicted molar refractivity (Wildman–Crippen MR) is 136 cm³/mol. The summed E-state index contributed by atoms with van der Waals surface area (Å²) < 4.78 is 17.0. The quantitative estimate of drug-likeness (QED) is 0.212. The van der Waals surface area contributed by atoms with Gasteiger partial charge in [0.1, 0.15) is 24.9 Å². The molecule has 10 nitrogen and oxygen atoms in total. The first-order chi connectivity index (χ1) is 18.4. The lowest BCUT2D eigenvalue weighted by atomic mass is 9.42. The topological polar surface area (TPSA) is 166 Å². The highest BCUT2D eigenvalue weighted by molar-refractivity contribution is 5.85. The van der Waals surface area contributed by atoms with Crippen molar-refractivity contribution in [1.82, 2.24) is 0 Å². The number of esters is 1. The smallest absolute Gasteiger partial charge is 0.331 e. The molecule has 0 bridgehead atoms. The molecular weight excluding hydrogens is 508 g/mol. The zero-order valence-electron chi connectivity index (χ0n) is 22.8. The molecular formula is C29H44O10. The molecule has 39 heavy (non-hydrogen) atoms. The Morgan fingerprint density at radius 1 is 1.05 bits per heavy atom. The van der Waals surface area contributed by atoms with E-state index >= 15 is 0 Å². The molecule has 0 spiro atoms. The molecule has 2 heterocycles. The average Bonchev–Trinajstić information content (AvgIpc) is 3.45. The van der Waals surface area contributed by atoms with Crippen LogP contribution in [0, 0.1) is 34.5 Å². The predicted octanol–water partition coefficient (Wildman–Crippen LogP) is 0.399. The Kier molecular flexibility index (Phi) is 6.99. The number of ether oxygens (including phenoxy) is 3. The maximum atomic E-state index is 12.4. The molecule has 0 aromatic heterocycles. The first-order valence-electron chi connectivity index (χ1n) is 14.7. The second-order valence-electron chi connectivity index (χ2n) is 13.5. The number of aliphatic hydroxyl groups is 6. The van der Waals surface area contributed by atoms with Crippen LogP contribution in [0.2, 0.25) is 0 Å². The van der Waals surface area contributed by atoms with Gasteiger partial charge in [0.2, 0.25) is 0 Å². The molecule has 0 radical (unpaired) electrons. The van der Waals surface area contributed by atoms with Gasteiger partial charge in [-0.3, -0.25) is 0 Å². The van der Waals surface area contributed by atoms with E-state index in [1.54, 1.807) is 13.0 Å². The highest BCUT2D eigenvalue weighted by atomic mass is 16.7. The molecule has 220 valence electrons. The summed E-state index contributed by atoms with van der Waals surface area (Å²) in [4.78, 5) is 11.8. The lowest BCUT2D eigenvalue weighted by Gasteiger charge is -2.65. The normalized spacial score (nSPS) is 55.3. The lowest BCUT2D eigenvalue weighted by molar-refractivity contribution is -0.313. The summed E-state index contributed by atoms with van der Waals surface area (Å²) >= 11 is 0. The molecule has 0 aromatic rings. The summed E-state index contributed by atoms with van der Waals surface area (Å²) in [5.74, 6) is -0.753. The van der Waals surface area contributed by atoms with Crippen LogP contribution in [-0.4, -0.2) is 98.3 Å². The van der Waals surface area contributed by atoms with Crippen molar-refractivity contribution in [1.29, 1.82) is 0 Å². The van der Waals surface area contributed by atoms with E-state index in [-0.39, 0.29) is 49.0 Å². The Balaban J connectivity index is 1.22. The molecule has 1 saturated heterocycles. The molecule has 0 unspecified atom stereocenters. The maximum absolute atomic E-state index is 12.4. The minimum Gasteiger partial charge on any atom is -0.458 e. The Bertz CT molecular complexity index is 1000. The van der Waals surface area contributed by atoms with Gasteiger partial charge in [-0.1, -0.05) is 6.92 Å². The van der Waals surface area contributed by atoms with Crippen LogP contribution in [-0.2, 0) is 19.0 Å². The molecule has 2 aliphatic heterocycles. The van der Waals surface area contributed by atoms with Crippen LogP contribution in [0.25, 0.3) is 0 Å². The van der Waals surface area contributed by atoms with Crippen molar-refractivity contribution in [3.05, 3.63) is 11.6 Å². The molecule has 10 heteroatoms. The van der Waals surface area contributed by atoms with Crippen molar-refractivity contribution >= 4 is 5.97 Å². The van der Waals surface area contributed by atoms with Crippen molar-refractivity contribution < 1.29 is 49.6 Å². The first-order valence-corrected chi connectivity index (χ1v) is 14.7. The van der Waals surface area contributed by atoms with E-state index in [2.05, 4.69) is 6.92 Å². The third-order valence-corrected chi connectivity index (χ3v) is 12.0. The molecule has 6 aliphatic rings. The summed E-state index contributed by atoms with van der Waals surface area (Å²) in [6.45, 7) is 3.84. The number of carbonyl (C=O) groups excluding carboxylic acids is 1. The number of hydrogen-bond acceptors (Lipinski definition) is 10. The number of fused-ring (bicyclic) bond motifs is 5. The Morgan fingerprint density at radius 2 is 1.82 bits per heavy atom. The van der Waals surface area contributed by atoms with Crippen LogP contribution in [0.1, 0.15) is 65.2 Å². The van der Waals surface area contributed by atoms with Gasteiger partial charge >= 0.3 is 5.97 Å². The zero-order chi connectivity index (χ0) is 27.9. The van der Waals surface area contributed by atoms with E-state index < -0.39 is 53.2 Å². The SMILES string of the molecule is C[C@H]1O[C@@H](O[C@H]2CC[C@@]3(CO)[C@H](CC[C@H]4[C@@H]3[C@H](O)C[C@]3(C)[C@@H](C5=CC(=O)OC5)CC[C@]43O)C2)[C@H](O)[C@H](O)[C@H]1O. The van der Waals surface area contributed by atoms with Crippen LogP contribution in [0.5, 0.6) is 0 Å². The summed E-state index contributed by atoms with van der Waals surface area (Å²) in [6.07, 6.45) is -0.0583. The standard InChI is InChI=1S/C29H44O10/c1-14-23(33)24(34)25(35)26(38-14)39-17-5-7-28(13-30)16(10-17)3-4-19-22(28)20(31)11-27(2)18(6-8-29(19,27)36)15-9-21(32)37-12-15/h9,14,16-20,22-26,30-31,33-36H,3-8,10-13H2,1-2H3/t14-,16-,17+,18-,19+,20-,22-,23+,24-,25-,26+,27-,28-,29+/m1/s1. The first kappa shape index (κ1) is 28.0. The van der Waals surface area contributed by atoms with E-state index in [1.165, 1.54) is 0 Å². The third-order valence-electron chi connectivity index (χ3n) is 12.0. The van der Waals surface area contributed by atoms with Gasteiger partial charge in [-0.05, 0) is 87.5 Å². The van der Waals surface area contributed by atoms with Gasteiger partial charge in [0, 0.05) is 23.5 Å². The van der Waals surface area contributed by atoms with Crippen molar-refractivity contribution in [2.45, 2.75) is 114 Å². The molecule has 6 rings (SSSR count). The van der Waals surface area contributed by atoms with Gasteiger partial charge in [-0.15, -0.1) is 0 Å². The van der Waals surface area contributed by atoms with E-state index in [1.807, 2.05) is 0 Å². The van der Waals surface area contributed by atoms with E-state index in [0.717, 1.165) is 24.8 Å². The monoisotopic (exact) mass is 552 g/mol. The fourth-order valence-electron chi connectivity index (χ4n) is 9.99. The molecule has 0 amide bonds. The third kappa shape index (κ3) is 4.00. The Hall–Kier alpha value is -1.11. The van der Waals surface area contributed by atoms with Crippen molar-refractivity contribution in [2.75, 3.05) is 13.2 Å². The van der Waals surface area contributed by atoms with Crippen LogP contribution < -0.4 is 0 Å². The lowest BCUT2D eigenvalue weighted by Crippen LogP contribution is -2.68. The van der Waals surface area contributed by atoms with E-state index in [0.29, 0.717) is 32.1 Å². The molecule has 4 aliphatic carbocycles. The maximum Gasteiger partial charge on any atom is 0.331 e. The van der Waals surface area contributed by atoms with Gasteiger partial charge in [0.05, 0.1) is 23.9 Å². The van der Waals surface area contributed by atoms with Crippen molar-refractivity contribution in [2.24, 2.45) is 34.5 Å². The number of cyclic esters (lactones) is 1. The molecule has 14 atom stereocenters. The molecule has 4 saturated carbocycles. The number of hydrogen-bond donors (Lipinski definition) is 6. The molecule has 6 N–H and O–H groups in total. The van der Waals surface area contributed by atoms with Crippen molar-refractivity contribution in [3.63, 3.8) is 0 Å². The van der Waals surface area contributed by atoms with Gasteiger partial charge in [0.15, 0.2) is 6.29 Å². The second kappa shape index (κ2) is 9.73. The second-order valence-corrected chi connectivity index (χ2v) is 13.5. The number of rotatable bonds is 4. The van der Waals surface area contributed by atoms with Gasteiger partial charge in [0.25, 0.3) is 0 Å². The number of carbonyl (C=O) groups is 1. The summed E-state index contributed by atoms with van der Waals surface area (Å²) in [5.41, 5.74) is -1.25. The fourth-order valence-corrected chi connectivity index (χ4v) is 9.99. The van der Waals surface area contributed by atoms with Gasteiger partial charge < -0.3 is 44.8 Å². The zero-order valence-corrected chi connectivity index (χ0v) is 22.8. The van der Waals surface area contributed by atoms with Crippen LogP contribution in [0.4, 0.5) is 0 Å². The largest absolute Gasteiger partial charge is 0.458 e. The van der Waals surface area contributed by atoms with Gasteiger partial charge in [-0.25, -0.2) is 4.79 Å². The van der Waals surface area contributed by atoms with Gasteiger partial charge in [-0.2, -0.15) is 0 Å². The van der Waals surface area contributed by atoms with E-state index in [9.17, 15) is 35.4 Å². The van der Waals surface area contributed by atoms with Crippen LogP contribution >= 0.6 is 0 Å². The Morgan fingerprint density at radius 3 is 2.51 bits per heavy atom. The minimum absolute atomic E-state index is 0.0327. The average molecular weight is 553 g/mol. The summed E-state index contributed by atoms with van der Waals surface area (Å²) in [6, 6.07) is 0. The minimum atomic E-state index is -1.37. The van der Waals surface area contributed by atoms with Crippen LogP contribution in [0.15, 0.2) is 11.6 Å². The summed E-state index contributed by atoms with van der Waals surface area (Å²) in [7, 11) is 0. The fraction of sp³-hybridized carbons (Fsp3) is 0.897. The Labute approximate surface area is 229 Å².